The number of morpholine rings is 1. The number of halogens is 2. The second-order valence-electron chi connectivity index (χ2n) is 7.34. The van der Waals surface area contributed by atoms with Gasteiger partial charge in [0.1, 0.15) is 0 Å². The van der Waals surface area contributed by atoms with Crippen LogP contribution in [0.1, 0.15) is 29.6 Å². The first-order valence-electron chi connectivity index (χ1n) is 9.19. The third kappa shape index (κ3) is 4.28. The molecule has 0 unspecified atom stereocenters. The molecule has 4 rings (SSSR count). The third-order valence-electron chi connectivity index (χ3n) is 5.93. The number of nitrogens with zero attached hydrogens (tertiary/aromatic N) is 2. The van der Waals surface area contributed by atoms with Crippen molar-refractivity contribution in [2.75, 3.05) is 57.4 Å². The van der Waals surface area contributed by atoms with Crippen molar-refractivity contribution in [2.45, 2.75) is 19.3 Å². The zero-order valence-electron chi connectivity index (χ0n) is 15.1. The van der Waals surface area contributed by atoms with Gasteiger partial charge in [-0.15, -0.1) is 24.8 Å². The molecule has 0 atom stereocenters. The van der Waals surface area contributed by atoms with Crippen molar-refractivity contribution in [1.82, 2.24) is 10.2 Å². The molecule has 1 aromatic rings. The highest BCUT2D eigenvalue weighted by Gasteiger charge is 2.38. The van der Waals surface area contributed by atoms with Gasteiger partial charge in [-0.25, -0.2) is 0 Å². The fourth-order valence-electron chi connectivity index (χ4n) is 4.31. The fourth-order valence-corrected chi connectivity index (χ4v) is 4.31. The summed E-state index contributed by atoms with van der Waals surface area (Å²) in [6, 6.07) is 8.06. The average Bonchev–Trinajstić information content (AvgIpc) is 3.10. The Morgan fingerprint density at radius 1 is 1.00 bits per heavy atom. The van der Waals surface area contributed by atoms with Crippen molar-refractivity contribution < 1.29 is 9.53 Å². The van der Waals surface area contributed by atoms with Crippen LogP contribution in [0.4, 0.5) is 5.69 Å². The normalized spacial score (nSPS) is 21.8. The molecule has 3 fully saturated rings. The second kappa shape index (κ2) is 9.27. The van der Waals surface area contributed by atoms with E-state index in [1.165, 1.54) is 6.42 Å². The Morgan fingerprint density at radius 2 is 1.69 bits per heavy atom. The predicted octanol–water partition coefficient (Wildman–Crippen LogP) is 2.58. The molecule has 1 spiro atoms. The highest BCUT2D eigenvalue weighted by molar-refractivity contribution is 6.00. The van der Waals surface area contributed by atoms with Gasteiger partial charge in [0.2, 0.25) is 0 Å². The van der Waals surface area contributed by atoms with Crippen molar-refractivity contribution in [1.29, 1.82) is 0 Å². The summed E-state index contributed by atoms with van der Waals surface area (Å²) in [5.74, 6) is 0.192. The molecule has 26 heavy (non-hydrogen) atoms. The lowest BCUT2D eigenvalue weighted by atomic mass is 9.78. The fraction of sp³-hybridized carbons (Fsp3) is 0.632. The van der Waals surface area contributed by atoms with Gasteiger partial charge in [-0.1, -0.05) is 12.1 Å². The lowest BCUT2D eigenvalue weighted by Crippen LogP contribution is -2.44. The number of ether oxygens (including phenoxy) is 1. The van der Waals surface area contributed by atoms with Gasteiger partial charge in [0.15, 0.2) is 0 Å². The van der Waals surface area contributed by atoms with Crippen molar-refractivity contribution in [3.8, 4) is 0 Å². The Labute approximate surface area is 168 Å². The molecule has 3 heterocycles. The van der Waals surface area contributed by atoms with Crippen molar-refractivity contribution in [2.24, 2.45) is 5.41 Å². The summed E-state index contributed by atoms with van der Waals surface area (Å²) >= 11 is 0. The molecule has 0 aromatic heterocycles. The summed E-state index contributed by atoms with van der Waals surface area (Å²) in [6.07, 6.45) is 3.52. The highest BCUT2D eigenvalue weighted by atomic mass is 35.5. The highest BCUT2D eigenvalue weighted by Crippen LogP contribution is 2.37. The van der Waals surface area contributed by atoms with Crippen molar-refractivity contribution in [3.63, 3.8) is 0 Å². The van der Waals surface area contributed by atoms with Gasteiger partial charge in [0.05, 0.1) is 18.8 Å². The largest absolute Gasteiger partial charge is 0.378 e. The SMILES string of the molecule is Cl.Cl.O=C(c1ccccc1N1CCOCC1)N1CCC2(CCNC2)CC1. The molecule has 146 valence electrons. The Balaban J connectivity index is 0.00000121. The van der Waals surface area contributed by atoms with Gasteiger partial charge in [0, 0.05) is 38.4 Å². The van der Waals surface area contributed by atoms with Crippen LogP contribution in [0.5, 0.6) is 0 Å². The van der Waals surface area contributed by atoms with E-state index in [2.05, 4.69) is 21.2 Å². The molecule has 1 N–H and O–H groups in total. The minimum atomic E-state index is 0. The number of likely N-dealkylation sites (tertiary alicyclic amines) is 1. The maximum absolute atomic E-state index is 13.1. The Hall–Kier alpha value is -1.01. The molecule has 0 bridgehead atoms. The zero-order chi connectivity index (χ0) is 16.4. The van der Waals surface area contributed by atoms with Crippen LogP contribution in [0.25, 0.3) is 0 Å². The van der Waals surface area contributed by atoms with Crippen molar-refractivity contribution >= 4 is 36.4 Å². The molecule has 3 aliphatic heterocycles. The summed E-state index contributed by atoms with van der Waals surface area (Å²) in [6.45, 7) is 7.23. The van der Waals surface area contributed by atoms with Crippen LogP contribution >= 0.6 is 24.8 Å². The minimum absolute atomic E-state index is 0. The number of benzene rings is 1. The lowest BCUT2D eigenvalue weighted by molar-refractivity contribution is 0.0607. The number of rotatable bonds is 2. The van der Waals surface area contributed by atoms with Crippen molar-refractivity contribution in [3.05, 3.63) is 29.8 Å². The number of nitrogens with one attached hydrogen (secondary N) is 1. The van der Waals surface area contributed by atoms with E-state index in [-0.39, 0.29) is 30.7 Å². The topological polar surface area (TPSA) is 44.8 Å². The van der Waals surface area contributed by atoms with Gasteiger partial charge in [0.25, 0.3) is 5.91 Å². The predicted molar refractivity (Wildman–Crippen MR) is 109 cm³/mol. The summed E-state index contributed by atoms with van der Waals surface area (Å²) in [4.78, 5) is 17.5. The Bertz CT molecular complexity index is 592. The van der Waals surface area contributed by atoms with E-state index in [0.717, 1.165) is 76.6 Å². The average molecular weight is 402 g/mol. The Morgan fingerprint density at radius 3 is 2.35 bits per heavy atom. The number of carbonyl (C=O) groups excluding carboxylic acids is 1. The summed E-state index contributed by atoms with van der Waals surface area (Å²) in [7, 11) is 0. The van der Waals surface area contributed by atoms with E-state index < -0.39 is 0 Å². The third-order valence-corrected chi connectivity index (χ3v) is 5.93. The van der Waals surface area contributed by atoms with Crippen LogP contribution in [-0.2, 0) is 4.74 Å². The number of carbonyl (C=O) groups is 1. The molecule has 1 aromatic carbocycles. The first kappa shape index (κ1) is 21.3. The van der Waals surface area contributed by atoms with E-state index in [1.54, 1.807) is 0 Å². The quantitative estimate of drug-likeness (QED) is 0.826. The van der Waals surface area contributed by atoms with E-state index in [4.69, 9.17) is 4.74 Å². The molecule has 0 radical (unpaired) electrons. The van der Waals surface area contributed by atoms with Crippen LogP contribution in [-0.4, -0.2) is 63.3 Å². The lowest BCUT2D eigenvalue weighted by Gasteiger charge is -2.39. The van der Waals surface area contributed by atoms with E-state index in [1.807, 2.05) is 18.2 Å². The number of anilines is 1. The first-order valence-corrected chi connectivity index (χ1v) is 9.19. The smallest absolute Gasteiger partial charge is 0.255 e. The molecular weight excluding hydrogens is 373 g/mol. The first-order chi connectivity index (χ1) is 11.8. The number of hydrogen-bond acceptors (Lipinski definition) is 4. The molecular formula is C19H29Cl2N3O2. The number of hydrogen-bond donors (Lipinski definition) is 1. The van der Waals surface area contributed by atoms with Crippen LogP contribution in [0, 0.1) is 5.41 Å². The maximum Gasteiger partial charge on any atom is 0.255 e. The monoisotopic (exact) mass is 401 g/mol. The molecule has 0 aliphatic carbocycles. The maximum atomic E-state index is 13.1. The molecule has 1 amide bonds. The minimum Gasteiger partial charge on any atom is -0.378 e. The van der Waals surface area contributed by atoms with Crippen LogP contribution in [0.15, 0.2) is 24.3 Å². The van der Waals surface area contributed by atoms with E-state index >= 15 is 0 Å². The zero-order valence-corrected chi connectivity index (χ0v) is 16.7. The second-order valence-corrected chi connectivity index (χ2v) is 7.34. The number of para-hydroxylation sites is 1. The Kier molecular flexibility index (Phi) is 7.59. The van der Waals surface area contributed by atoms with E-state index in [9.17, 15) is 4.79 Å². The van der Waals surface area contributed by atoms with Gasteiger partial charge >= 0.3 is 0 Å². The van der Waals surface area contributed by atoms with Crippen LogP contribution < -0.4 is 10.2 Å². The number of amides is 1. The summed E-state index contributed by atoms with van der Waals surface area (Å²) in [5.41, 5.74) is 2.36. The van der Waals surface area contributed by atoms with E-state index in [0.29, 0.717) is 5.41 Å². The summed E-state index contributed by atoms with van der Waals surface area (Å²) in [5, 5.41) is 3.49. The standard InChI is InChI=1S/C19H27N3O2.2ClH/c23-18(22-9-6-19(7-10-22)5-8-20-15-19)16-3-1-2-4-17(16)21-11-13-24-14-12-21;;/h1-4,20H,5-15H2;2*1H. The van der Waals surface area contributed by atoms with Gasteiger partial charge in [-0.2, -0.15) is 0 Å². The molecule has 5 nitrogen and oxygen atoms in total. The molecule has 3 saturated heterocycles. The van der Waals surface area contributed by atoms with Crippen LogP contribution in [0.3, 0.4) is 0 Å². The molecule has 3 aliphatic rings. The summed E-state index contributed by atoms with van der Waals surface area (Å²) < 4.78 is 5.45. The van der Waals surface area contributed by atoms with Gasteiger partial charge in [-0.3, -0.25) is 4.79 Å². The van der Waals surface area contributed by atoms with Gasteiger partial charge in [-0.05, 0) is 43.4 Å². The number of piperidine rings is 1. The molecule has 0 saturated carbocycles. The van der Waals surface area contributed by atoms with Crippen LogP contribution in [0.2, 0.25) is 0 Å². The van der Waals surface area contributed by atoms with Gasteiger partial charge < -0.3 is 19.9 Å². The molecule has 7 heteroatoms.